The number of amides is 1. The number of hydrogen-bond acceptors (Lipinski definition) is 2. The lowest BCUT2D eigenvalue weighted by Gasteiger charge is -2.19. The minimum Gasteiger partial charge on any atom is -0.493 e. The molecule has 6 heteroatoms. The highest BCUT2D eigenvalue weighted by atomic mass is 19.4. The van der Waals surface area contributed by atoms with Gasteiger partial charge in [-0.25, -0.2) is 0 Å². The summed E-state index contributed by atoms with van der Waals surface area (Å²) in [5, 5.41) is 2.47. The van der Waals surface area contributed by atoms with Crippen molar-refractivity contribution in [1.82, 2.24) is 0 Å². The largest absolute Gasteiger partial charge is 0.493 e. The van der Waals surface area contributed by atoms with Crippen molar-refractivity contribution in [2.75, 3.05) is 11.9 Å². The van der Waals surface area contributed by atoms with E-state index >= 15 is 0 Å². The van der Waals surface area contributed by atoms with E-state index in [-0.39, 0.29) is 24.0 Å². The first-order valence-corrected chi connectivity index (χ1v) is 6.21. The van der Waals surface area contributed by atoms with Crippen LogP contribution in [0.4, 0.5) is 18.9 Å². The van der Waals surface area contributed by atoms with Crippen molar-refractivity contribution in [3.63, 3.8) is 0 Å². The fraction of sp³-hybridized carbons (Fsp3) is 0.500. The number of carbonyl (C=O) groups is 1. The van der Waals surface area contributed by atoms with Gasteiger partial charge in [0.25, 0.3) is 0 Å². The first-order valence-electron chi connectivity index (χ1n) is 6.21. The summed E-state index contributed by atoms with van der Waals surface area (Å²) in [5.41, 5.74) is -1.48. The molecule has 0 atom stereocenters. The average molecular weight is 289 g/mol. The second-order valence-corrected chi connectivity index (χ2v) is 5.35. The number of halogens is 3. The molecule has 1 aromatic rings. The molecule has 0 radical (unpaired) electrons. The van der Waals surface area contributed by atoms with E-state index in [1.807, 2.05) is 0 Å². The molecule has 0 bridgehead atoms. The summed E-state index contributed by atoms with van der Waals surface area (Å²) in [5.74, 6) is -0.594. The van der Waals surface area contributed by atoms with Crippen LogP contribution in [0.3, 0.4) is 0 Å². The Morgan fingerprint density at radius 3 is 2.30 bits per heavy atom. The van der Waals surface area contributed by atoms with Crippen LogP contribution in [-0.2, 0) is 11.0 Å². The molecule has 3 nitrogen and oxygen atoms in total. The molecule has 0 saturated carbocycles. The number of hydrogen-bond donors (Lipinski definition) is 1. The maximum Gasteiger partial charge on any atom is 0.420 e. The highest BCUT2D eigenvalue weighted by Crippen LogP contribution is 2.38. The van der Waals surface area contributed by atoms with Crippen molar-refractivity contribution < 1.29 is 22.7 Å². The van der Waals surface area contributed by atoms with E-state index in [0.29, 0.717) is 0 Å². The Morgan fingerprint density at radius 2 is 1.85 bits per heavy atom. The number of ether oxygens (including phenoxy) is 1. The van der Waals surface area contributed by atoms with Crippen LogP contribution in [0, 0.1) is 5.41 Å². The topological polar surface area (TPSA) is 38.3 Å². The summed E-state index contributed by atoms with van der Waals surface area (Å²) in [7, 11) is 0. The Morgan fingerprint density at radius 1 is 1.25 bits per heavy atom. The van der Waals surface area contributed by atoms with Crippen LogP contribution in [0.5, 0.6) is 5.75 Å². The van der Waals surface area contributed by atoms with Crippen LogP contribution in [0.25, 0.3) is 0 Å². The molecular weight excluding hydrogens is 271 g/mol. The van der Waals surface area contributed by atoms with Gasteiger partial charge in [0.05, 0.1) is 12.2 Å². The third kappa shape index (κ3) is 4.15. The predicted molar refractivity (Wildman–Crippen MR) is 70.7 cm³/mol. The van der Waals surface area contributed by atoms with Crippen molar-refractivity contribution in [3.8, 4) is 5.75 Å². The summed E-state index contributed by atoms with van der Waals surface area (Å²) in [6.07, 6.45) is -4.53. The normalized spacial score (nSPS) is 12.2. The van der Waals surface area contributed by atoms with Crippen LogP contribution < -0.4 is 10.1 Å². The minimum atomic E-state index is -4.53. The quantitative estimate of drug-likeness (QED) is 0.910. The number of anilines is 1. The van der Waals surface area contributed by atoms with Gasteiger partial charge in [0.1, 0.15) is 5.75 Å². The van der Waals surface area contributed by atoms with Gasteiger partial charge >= 0.3 is 6.18 Å². The Balaban J connectivity index is 3.10. The molecule has 0 aliphatic rings. The molecule has 0 aliphatic carbocycles. The number of alkyl halides is 3. The molecule has 0 fully saturated rings. The molecule has 0 saturated heterocycles. The zero-order chi connectivity index (χ0) is 15.6. The molecule has 0 spiro atoms. The lowest BCUT2D eigenvalue weighted by molar-refractivity contribution is -0.139. The van der Waals surface area contributed by atoms with E-state index in [0.717, 1.165) is 6.07 Å². The molecule has 0 aromatic heterocycles. The highest BCUT2D eigenvalue weighted by molar-refractivity contribution is 5.94. The standard InChI is InChI=1S/C14H18F3NO2/c1-5-20-11-7-6-9(8-10(11)14(15,16)17)18-12(19)13(2,3)4/h6-8H,5H2,1-4H3,(H,18,19). The van der Waals surface area contributed by atoms with Crippen LogP contribution in [0.15, 0.2) is 18.2 Å². The number of rotatable bonds is 3. The van der Waals surface area contributed by atoms with Gasteiger partial charge in [-0.15, -0.1) is 0 Å². The van der Waals surface area contributed by atoms with E-state index in [4.69, 9.17) is 4.74 Å². The number of nitrogens with one attached hydrogen (secondary N) is 1. The molecule has 0 aliphatic heterocycles. The third-order valence-electron chi connectivity index (χ3n) is 2.52. The molecule has 1 aromatic carbocycles. The number of benzene rings is 1. The second-order valence-electron chi connectivity index (χ2n) is 5.35. The Hall–Kier alpha value is -1.72. The summed E-state index contributed by atoms with van der Waals surface area (Å²) < 4.78 is 43.7. The minimum absolute atomic E-state index is 0.0979. The van der Waals surface area contributed by atoms with Crippen molar-refractivity contribution in [2.24, 2.45) is 5.41 Å². The van der Waals surface area contributed by atoms with E-state index in [9.17, 15) is 18.0 Å². The third-order valence-corrected chi connectivity index (χ3v) is 2.52. The smallest absolute Gasteiger partial charge is 0.420 e. The van der Waals surface area contributed by atoms with Gasteiger partial charge in [0.2, 0.25) is 5.91 Å². The molecule has 20 heavy (non-hydrogen) atoms. The molecule has 112 valence electrons. The lowest BCUT2D eigenvalue weighted by atomic mass is 9.95. The molecule has 1 rings (SSSR count). The van der Waals surface area contributed by atoms with Gasteiger partial charge in [0, 0.05) is 11.1 Å². The predicted octanol–water partition coefficient (Wildman–Crippen LogP) is 4.09. The fourth-order valence-electron chi connectivity index (χ4n) is 1.43. The summed E-state index contributed by atoms with van der Waals surface area (Å²) in [4.78, 5) is 11.8. The summed E-state index contributed by atoms with van der Waals surface area (Å²) >= 11 is 0. The monoisotopic (exact) mass is 289 g/mol. The zero-order valence-electron chi connectivity index (χ0n) is 11.9. The highest BCUT2D eigenvalue weighted by Gasteiger charge is 2.35. The van der Waals surface area contributed by atoms with Crippen LogP contribution in [0.2, 0.25) is 0 Å². The molecular formula is C14H18F3NO2. The zero-order valence-corrected chi connectivity index (χ0v) is 11.9. The first kappa shape index (κ1) is 16.3. The van der Waals surface area contributed by atoms with E-state index < -0.39 is 17.2 Å². The van der Waals surface area contributed by atoms with Crippen LogP contribution >= 0.6 is 0 Å². The molecule has 0 unspecified atom stereocenters. The van der Waals surface area contributed by atoms with Crippen molar-refractivity contribution >= 4 is 11.6 Å². The van der Waals surface area contributed by atoms with Crippen molar-refractivity contribution in [2.45, 2.75) is 33.9 Å². The average Bonchev–Trinajstić information content (AvgIpc) is 2.28. The van der Waals surface area contributed by atoms with Gasteiger partial charge in [-0.05, 0) is 25.1 Å². The van der Waals surface area contributed by atoms with Gasteiger partial charge in [-0.1, -0.05) is 20.8 Å². The molecule has 0 heterocycles. The lowest BCUT2D eigenvalue weighted by Crippen LogP contribution is -2.27. The van der Waals surface area contributed by atoms with Gasteiger partial charge in [0.15, 0.2) is 0 Å². The summed E-state index contributed by atoms with van der Waals surface area (Å²) in [6.45, 7) is 6.79. The van der Waals surface area contributed by atoms with Gasteiger partial charge in [-0.3, -0.25) is 4.79 Å². The maximum atomic E-state index is 12.9. The first-order chi connectivity index (χ1) is 9.05. The Labute approximate surface area is 116 Å². The van der Waals surface area contributed by atoms with E-state index in [1.165, 1.54) is 12.1 Å². The fourth-order valence-corrected chi connectivity index (χ4v) is 1.43. The Kier molecular flexibility index (Phi) is 4.68. The van der Waals surface area contributed by atoms with Crippen LogP contribution in [-0.4, -0.2) is 12.5 Å². The molecule has 1 N–H and O–H groups in total. The Bertz CT molecular complexity index is 490. The maximum absolute atomic E-state index is 12.9. The SMILES string of the molecule is CCOc1ccc(NC(=O)C(C)(C)C)cc1C(F)(F)F. The van der Waals surface area contributed by atoms with Crippen molar-refractivity contribution in [1.29, 1.82) is 0 Å². The molecule has 1 amide bonds. The van der Waals surface area contributed by atoms with Gasteiger partial charge in [-0.2, -0.15) is 13.2 Å². The summed E-state index contributed by atoms with van der Waals surface area (Å²) in [6, 6.07) is 3.49. The van der Waals surface area contributed by atoms with Crippen molar-refractivity contribution in [3.05, 3.63) is 23.8 Å². The van der Waals surface area contributed by atoms with Gasteiger partial charge < -0.3 is 10.1 Å². The second kappa shape index (κ2) is 5.73. The van der Waals surface area contributed by atoms with Crippen LogP contribution in [0.1, 0.15) is 33.3 Å². The van der Waals surface area contributed by atoms with E-state index in [1.54, 1.807) is 27.7 Å². The van der Waals surface area contributed by atoms with E-state index in [2.05, 4.69) is 5.32 Å². The number of carbonyl (C=O) groups excluding carboxylic acids is 1.